The minimum absolute atomic E-state index is 0.215. The molecule has 10 heteroatoms. The summed E-state index contributed by atoms with van der Waals surface area (Å²) in [5.41, 5.74) is 3.12. The summed E-state index contributed by atoms with van der Waals surface area (Å²) >= 11 is 6.15. The molecule has 0 radical (unpaired) electrons. The largest absolute Gasteiger partial charge is 0.550 e. The molecule has 0 aliphatic rings. The zero-order valence-corrected chi connectivity index (χ0v) is 24.2. The highest BCUT2D eigenvalue weighted by molar-refractivity contribution is 6.31. The number of amides is 1. The highest BCUT2D eigenvalue weighted by atomic mass is 35.5. The molecule has 43 heavy (non-hydrogen) atoms. The zero-order chi connectivity index (χ0) is 31.3. The topological polar surface area (TPSA) is 115 Å². The van der Waals surface area contributed by atoms with Crippen molar-refractivity contribution in [2.24, 2.45) is 0 Å². The minimum Gasteiger partial charge on any atom is -0.550 e. The van der Waals surface area contributed by atoms with Gasteiger partial charge in [0.2, 0.25) is 0 Å². The van der Waals surface area contributed by atoms with Crippen molar-refractivity contribution in [3.05, 3.63) is 107 Å². The number of benzene rings is 3. The summed E-state index contributed by atoms with van der Waals surface area (Å²) in [5.74, 6) is -2.89. The van der Waals surface area contributed by atoms with E-state index in [0.717, 1.165) is 0 Å². The number of anilines is 1. The smallest absolute Gasteiger partial charge is 0.272 e. The fourth-order valence-corrected chi connectivity index (χ4v) is 5.12. The Balaban J connectivity index is 1.98. The molecule has 0 saturated carbocycles. The molecule has 0 bridgehead atoms. The molecule has 0 fully saturated rings. The lowest BCUT2D eigenvalue weighted by atomic mass is 9.94. The SMILES string of the molecule is CC(C)n1c(/C=C/[C@@H](O)C[C@@H](O)CC(=O)[O-])c(-c2ccc(F)cc2)c(-c2ccc(F)cc2)c1C(=O)Nc1cccc(Cl)c1. The van der Waals surface area contributed by atoms with Gasteiger partial charge in [0.1, 0.15) is 17.3 Å². The lowest BCUT2D eigenvalue weighted by Crippen LogP contribution is -2.29. The van der Waals surface area contributed by atoms with Crippen LogP contribution in [0.3, 0.4) is 0 Å². The molecule has 0 aliphatic heterocycles. The van der Waals surface area contributed by atoms with Gasteiger partial charge in [-0.15, -0.1) is 0 Å². The normalized spacial score (nSPS) is 12.9. The van der Waals surface area contributed by atoms with Crippen LogP contribution in [0, 0.1) is 11.6 Å². The van der Waals surface area contributed by atoms with E-state index in [2.05, 4.69) is 5.32 Å². The maximum absolute atomic E-state index is 14.1. The number of rotatable bonds is 11. The van der Waals surface area contributed by atoms with E-state index in [0.29, 0.717) is 38.7 Å². The van der Waals surface area contributed by atoms with Crippen molar-refractivity contribution >= 4 is 35.2 Å². The molecule has 3 N–H and O–H groups in total. The van der Waals surface area contributed by atoms with Crippen LogP contribution in [-0.4, -0.2) is 38.9 Å². The number of carboxylic acids is 1. The third kappa shape index (κ3) is 7.75. The Hall–Kier alpha value is -4.31. The Labute approximate surface area is 252 Å². The summed E-state index contributed by atoms with van der Waals surface area (Å²) in [6, 6.07) is 17.6. The number of carboxylic acid groups (broad SMARTS) is 1. The van der Waals surface area contributed by atoms with Crippen molar-refractivity contribution in [3.8, 4) is 22.3 Å². The van der Waals surface area contributed by atoms with Crippen molar-refractivity contribution in [1.29, 1.82) is 0 Å². The molecule has 0 saturated heterocycles. The Kier molecular flexibility index (Phi) is 10.1. The number of aliphatic carboxylic acids is 1. The predicted octanol–water partition coefficient (Wildman–Crippen LogP) is 5.85. The molecule has 4 aromatic rings. The second-order valence-electron chi connectivity index (χ2n) is 10.3. The molecule has 0 unspecified atom stereocenters. The van der Waals surface area contributed by atoms with Gasteiger partial charge in [-0.05, 0) is 73.5 Å². The number of aliphatic hydroxyl groups is 2. The average Bonchev–Trinajstić information content (AvgIpc) is 3.28. The van der Waals surface area contributed by atoms with E-state index in [4.69, 9.17) is 11.6 Å². The van der Waals surface area contributed by atoms with Crippen molar-refractivity contribution in [2.75, 3.05) is 5.32 Å². The average molecular weight is 608 g/mol. The Morgan fingerprint density at radius 1 is 0.953 bits per heavy atom. The maximum Gasteiger partial charge on any atom is 0.272 e. The Bertz CT molecular complexity index is 1630. The maximum atomic E-state index is 14.1. The van der Waals surface area contributed by atoms with Crippen LogP contribution >= 0.6 is 11.6 Å². The molecule has 0 aliphatic carbocycles. The Morgan fingerprint density at radius 3 is 2.07 bits per heavy atom. The lowest BCUT2D eigenvalue weighted by molar-refractivity contribution is -0.307. The van der Waals surface area contributed by atoms with Gasteiger partial charge in [0.25, 0.3) is 5.91 Å². The summed E-state index contributed by atoms with van der Waals surface area (Å²) in [4.78, 5) is 24.9. The van der Waals surface area contributed by atoms with Gasteiger partial charge in [-0.25, -0.2) is 8.78 Å². The number of hydrogen-bond acceptors (Lipinski definition) is 5. The van der Waals surface area contributed by atoms with Gasteiger partial charge in [0.05, 0.1) is 12.2 Å². The van der Waals surface area contributed by atoms with Crippen molar-refractivity contribution in [3.63, 3.8) is 0 Å². The van der Waals surface area contributed by atoms with Crippen molar-refractivity contribution < 1.29 is 33.7 Å². The molecule has 4 rings (SSSR count). The molecule has 1 heterocycles. The monoisotopic (exact) mass is 607 g/mol. The summed E-state index contributed by atoms with van der Waals surface area (Å²) in [6.07, 6.45) is -0.552. The molecular formula is C33H30ClF2N2O5-. The third-order valence-electron chi connectivity index (χ3n) is 6.72. The van der Waals surface area contributed by atoms with Crippen LogP contribution < -0.4 is 10.4 Å². The molecule has 3 aromatic carbocycles. The Morgan fingerprint density at radius 2 is 1.53 bits per heavy atom. The van der Waals surface area contributed by atoms with E-state index in [1.165, 1.54) is 42.5 Å². The molecule has 1 amide bonds. The lowest BCUT2D eigenvalue weighted by Gasteiger charge is -2.17. The van der Waals surface area contributed by atoms with Crippen molar-refractivity contribution in [1.82, 2.24) is 4.57 Å². The fraction of sp³-hybridized carbons (Fsp3) is 0.212. The summed E-state index contributed by atoms with van der Waals surface area (Å²) < 4.78 is 29.8. The number of nitrogens with one attached hydrogen (secondary N) is 1. The minimum atomic E-state index is -1.45. The fourth-order valence-electron chi connectivity index (χ4n) is 4.93. The molecule has 0 spiro atoms. The summed E-state index contributed by atoms with van der Waals surface area (Å²) in [6.45, 7) is 3.72. The van der Waals surface area contributed by atoms with Gasteiger partial charge < -0.3 is 30.0 Å². The van der Waals surface area contributed by atoms with Crippen LogP contribution in [0.2, 0.25) is 5.02 Å². The number of aromatic nitrogens is 1. The summed E-state index contributed by atoms with van der Waals surface area (Å²) in [7, 11) is 0. The second-order valence-corrected chi connectivity index (χ2v) is 10.8. The predicted molar refractivity (Wildman–Crippen MR) is 160 cm³/mol. The zero-order valence-electron chi connectivity index (χ0n) is 23.4. The van der Waals surface area contributed by atoms with Crippen molar-refractivity contribution in [2.45, 2.75) is 44.9 Å². The molecule has 7 nitrogen and oxygen atoms in total. The van der Waals surface area contributed by atoms with Crippen LogP contribution in [0.25, 0.3) is 28.3 Å². The van der Waals surface area contributed by atoms with Gasteiger partial charge >= 0.3 is 0 Å². The number of aliphatic hydroxyl groups excluding tert-OH is 2. The van der Waals surface area contributed by atoms with Gasteiger partial charge in [-0.3, -0.25) is 4.79 Å². The van der Waals surface area contributed by atoms with Gasteiger partial charge in [-0.1, -0.05) is 48.0 Å². The standard InChI is InChI=1S/C33H31ClF2N2O5/c1-19(2)38-28(15-14-26(39)17-27(40)18-29(41)42)30(20-6-10-23(35)11-7-20)31(21-8-12-24(36)13-9-21)32(38)33(43)37-25-5-3-4-22(34)16-25/h3-16,19,26-27,39-40H,17-18H2,1-2H3,(H,37,43)(H,41,42)/p-1/b15-14+/t26-,27-/m1/s1. The number of carbonyl (C=O) groups excluding carboxylic acids is 2. The second kappa shape index (κ2) is 13.8. The first-order valence-electron chi connectivity index (χ1n) is 13.6. The van der Waals surface area contributed by atoms with Crippen LogP contribution in [-0.2, 0) is 4.79 Å². The van der Waals surface area contributed by atoms with Crippen LogP contribution in [0.1, 0.15) is 48.9 Å². The number of hydrogen-bond donors (Lipinski definition) is 3. The third-order valence-corrected chi connectivity index (χ3v) is 6.95. The highest BCUT2D eigenvalue weighted by Crippen LogP contribution is 2.43. The first-order valence-corrected chi connectivity index (χ1v) is 13.9. The van der Waals surface area contributed by atoms with E-state index < -0.39 is 42.1 Å². The number of nitrogens with zero attached hydrogens (tertiary/aromatic N) is 1. The van der Waals surface area contributed by atoms with Crippen LogP contribution in [0.4, 0.5) is 14.5 Å². The number of halogens is 3. The molecule has 2 atom stereocenters. The first-order chi connectivity index (χ1) is 20.4. The van der Waals surface area contributed by atoms with Crippen LogP contribution in [0.15, 0.2) is 78.9 Å². The molecule has 224 valence electrons. The van der Waals surface area contributed by atoms with E-state index in [1.54, 1.807) is 47.0 Å². The van der Waals surface area contributed by atoms with Gasteiger partial charge in [-0.2, -0.15) is 0 Å². The molecular weight excluding hydrogens is 578 g/mol. The highest BCUT2D eigenvalue weighted by Gasteiger charge is 2.29. The summed E-state index contributed by atoms with van der Waals surface area (Å²) in [5, 5.41) is 34.8. The van der Waals surface area contributed by atoms with E-state index in [-0.39, 0.29) is 18.2 Å². The van der Waals surface area contributed by atoms with E-state index in [1.807, 2.05) is 13.8 Å². The van der Waals surface area contributed by atoms with E-state index in [9.17, 15) is 33.7 Å². The quantitative estimate of drug-likeness (QED) is 0.198. The van der Waals surface area contributed by atoms with Gasteiger partial charge in [0.15, 0.2) is 0 Å². The molecule has 1 aromatic heterocycles. The van der Waals surface area contributed by atoms with E-state index >= 15 is 0 Å². The number of carbonyl (C=O) groups is 2. The van der Waals surface area contributed by atoms with Gasteiger partial charge in [0, 0.05) is 52.4 Å². The van der Waals surface area contributed by atoms with Crippen LogP contribution in [0.5, 0.6) is 0 Å². The first kappa shape index (κ1) is 31.6.